The van der Waals surface area contributed by atoms with E-state index in [-0.39, 0.29) is 35.5 Å². The summed E-state index contributed by atoms with van der Waals surface area (Å²) in [7, 11) is 1.32. The van der Waals surface area contributed by atoms with Crippen molar-refractivity contribution in [3.8, 4) is 5.75 Å². The highest BCUT2D eigenvalue weighted by molar-refractivity contribution is 5.97. The lowest BCUT2D eigenvalue weighted by Crippen LogP contribution is -2.42. The molecule has 1 rings (SSSR count). The Morgan fingerprint density at radius 3 is 2.52 bits per heavy atom. The summed E-state index contributed by atoms with van der Waals surface area (Å²) in [5.74, 6) is -0.650. The van der Waals surface area contributed by atoms with Crippen LogP contribution in [0.4, 0.5) is 5.69 Å². The number of methoxy groups -OCH3 is 1. The number of nitrogens with one attached hydrogen (secondary N) is 1. The minimum Gasteiger partial charge on any atom is -0.490 e. The van der Waals surface area contributed by atoms with Crippen molar-refractivity contribution in [2.45, 2.75) is 26.8 Å². The summed E-state index contributed by atoms with van der Waals surface area (Å²) in [6.07, 6.45) is 0. The third-order valence-electron chi connectivity index (χ3n) is 3.08. The Labute approximate surface area is 134 Å². The molecule has 0 radical (unpaired) electrons. The Morgan fingerprint density at radius 1 is 1.39 bits per heavy atom. The molecule has 0 aliphatic carbocycles. The van der Waals surface area contributed by atoms with Gasteiger partial charge in [0, 0.05) is 24.2 Å². The zero-order chi connectivity index (χ0) is 17.6. The second-order valence-corrected chi connectivity index (χ2v) is 5.19. The van der Waals surface area contributed by atoms with Crippen LogP contribution in [-0.4, -0.2) is 47.9 Å². The predicted octanol–water partition coefficient (Wildman–Crippen LogP) is 1.59. The maximum absolute atomic E-state index is 12.5. The van der Waals surface area contributed by atoms with Crippen LogP contribution < -0.4 is 10.1 Å². The standard InChI is InChI=1S/C15H21N3O5/c1-5-17(9-14(19)16-10(2)3)15(20)11-6-7-13(23-4)12(8-11)18(21)22/h6-8,10H,5,9H2,1-4H3,(H,16,19). The number of hydrogen-bond acceptors (Lipinski definition) is 5. The molecule has 8 nitrogen and oxygen atoms in total. The molecule has 1 aromatic rings. The van der Waals surface area contributed by atoms with Gasteiger partial charge < -0.3 is 15.0 Å². The van der Waals surface area contributed by atoms with Crippen molar-refractivity contribution < 1.29 is 19.2 Å². The summed E-state index contributed by atoms with van der Waals surface area (Å²) in [5.41, 5.74) is -0.155. The van der Waals surface area contributed by atoms with Gasteiger partial charge in [-0.1, -0.05) is 0 Å². The van der Waals surface area contributed by atoms with Gasteiger partial charge in [-0.3, -0.25) is 19.7 Å². The van der Waals surface area contributed by atoms with Crippen molar-refractivity contribution in [2.24, 2.45) is 0 Å². The highest BCUT2D eigenvalue weighted by Crippen LogP contribution is 2.27. The zero-order valence-electron chi connectivity index (χ0n) is 13.7. The molecule has 1 N–H and O–H groups in total. The number of carbonyl (C=O) groups excluding carboxylic acids is 2. The summed E-state index contributed by atoms with van der Waals surface area (Å²) in [5, 5.41) is 13.7. The van der Waals surface area contributed by atoms with E-state index in [9.17, 15) is 19.7 Å². The number of hydrogen-bond donors (Lipinski definition) is 1. The van der Waals surface area contributed by atoms with E-state index in [0.717, 1.165) is 6.07 Å². The Hall–Kier alpha value is -2.64. The number of carbonyl (C=O) groups is 2. The number of amides is 2. The van der Waals surface area contributed by atoms with Crippen molar-refractivity contribution in [1.29, 1.82) is 0 Å². The molecule has 0 saturated carbocycles. The number of nitrogens with zero attached hydrogens (tertiary/aromatic N) is 2. The predicted molar refractivity (Wildman–Crippen MR) is 84.5 cm³/mol. The van der Waals surface area contributed by atoms with Gasteiger partial charge in [-0.25, -0.2) is 0 Å². The van der Waals surface area contributed by atoms with E-state index >= 15 is 0 Å². The second kappa shape index (κ2) is 8.11. The average Bonchev–Trinajstić information content (AvgIpc) is 2.50. The normalized spacial score (nSPS) is 10.3. The molecule has 0 spiro atoms. The molecule has 23 heavy (non-hydrogen) atoms. The first-order valence-electron chi connectivity index (χ1n) is 7.21. The van der Waals surface area contributed by atoms with Crippen molar-refractivity contribution in [3.05, 3.63) is 33.9 Å². The molecule has 0 bridgehead atoms. The van der Waals surface area contributed by atoms with Crippen LogP contribution >= 0.6 is 0 Å². The fourth-order valence-electron chi connectivity index (χ4n) is 2.02. The van der Waals surface area contributed by atoms with Crippen LogP contribution in [0.2, 0.25) is 0 Å². The molecule has 8 heteroatoms. The van der Waals surface area contributed by atoms with E-state index in [4.69, 9.17) is 4.74 Å². The summed E-state index contributed by atoms with van der Waals surface area (Å²) >= 11 is 0. The average molecular weight is 323 g/mol. The van der Waals surface area contributed by atoms with Gasteiger partial charge >= 0.3 is 5.69 Å². The molecule has 0 aliphatic rings. The van der Waals surface area contributed by atoms with Crippen LogP contribution in [0.1, 0.15) is 31.1 Å². The second-order valence-electron chi connectivity index (χ2n) is 5.19. The minimum absolute atomic E-state index is 0.0293. The fraction of sp³-hybridized carbons (Fsp3) is 0.467. The lowest BCUT2D eigenvalue weighted by molar-refractivity contribution is -0.385. The molecule has 0 heterocycles. The molecular formula is C15H21N3O5. The Balaban J connectivity index is 2.99. The van der Waals surface area contributed by atoms with Crippen LogP contribution in [-0.2, 0) is 4.79 Å². The minimum atomic E-state index is -0.614. The Bertz CT molecular complexity index is 601. The van der Waals surface area contributed by atoms with Crippen LogP contribution in [0.15, 0.2) is 18.2 Å². The van der Waals surface area contributed by atoms with Gasteiger partial charge in [0.1, 0.15) is 0 Å². The van der Waals surface area contributed by atoms with Crippen molar-refractivity contribution >= 4 is 17.5 Å². The van der Waals surface area contributed by atoms with E-state index in [1.54, 1.807) is 6.92 Å². The lowest BCUT2D eigenvalue weighted by Gasteiger charge is -2.21. The molecule has 0 fully saturated rings. The lowest BCUT2D eigenvalue weighted by atomic mass is 10.1. The van der Waals surface area contributed by atoms with Crippen LogP contribution in [0.25, 0.3) is 0 Å². The topological polar surface area (TPSA) is 102 Å². The van der Waals surface area contributed by atoms with Crippen molar-refractivity contribution in [1.82, 2.24) is 10.2 Å². The number of benzene rings is 1. The zero-order valence-corrected chi connectivity index (χ0v) is 13.7. The van der Waals surface area contributed by atoms with Crippen LogP contribution in [0.3, 0.4) is 0 Å². The first kappa shape index (κ1) is 18.4. The number of nitro benzene ring substituents is 1. The molecule has 0 aromatic heterocycles. The molecular weight excluding hydrogens is 302 g/mol. The van der Waals surface area contributed by atoms with E-state index in [2.05, 4.69) is 5.32 Å². The maximum atomic E-state index is 12.5. The monoisotopic (exact) mass is 323 g/mol. The van der Waals surface area contributed by atoms with Gasteiger partial charge in [0.15, 0.2) is 5.75 Å². The molecule has 0 atom stereocenters. The SMILES string of the molecule is CCN(CC(=O)NC(C)C)C(=O)c1ccc(OC)c([N+](=O)[O-])c1. The van der Waals surface area contributed by atoms with Gasteiger partial charge in [-0.2, -0.15) is 0 Å². The highest BCUT2D eigenvalue weighted by atomic mass is 16.6. The molecule has 2 amide bonds. The summed E-state index contributed by atoms with van der Waals surface area (Å²) in [6.45, 7) is 5.59. The van der Waals surface area contributed by atoms with E-state index < -0.39 is 10.8 Å². The van der Waals surface area contributed by atoms with Gasteiger partial charge in [0.25, 0.3) is 5.91 Å². The summed E-state index contributed by atoms with van der Waals surface area (Å²) in [4.78, 5) is 36.0. The summed E-state index contributed by atoms with van der Waals surface area (Å²) < 4.78 is 4.91. The smallest absolute Gasteiger partial charge is 0.311 e. The number of likely N-dealkylation sites (N-methyl/N-ethyl adjacent to an activating group) is 1. The fourth-order valence-corrected chi connectivity index (χ4v) is 2.02. The van der Waals surface area contributed by atoms with Gasteiger partial charge in [0.05, 0.1) is 18.6 Å². The van der Waals surface area contributed by atoms with Crippen molar-refractivity contribution in [2.75, 3.05) is 20.2 Å². The number of ether oxygens (including phenoxy) is 1. The van der Waals surface area contributed by atoms with Gasteiger partial charge in [0.2, 0.25) is 5.91 Å². The Kier molecular flexibility index (Phi) is 6.49. The molecule has 0 unspecified atom stereocenters. The van der Waals surface area contributed by atoms with E-state index in [0.29, 0.717) is 6.54 Å². The Morgan fingerprint density at radius 2 is 2.04 bits per heavy atom. The number of rotatable bonds is 7. The van der Waals surface area contributed by atoms with Gasteiger partial charge in [-0.15, -0.1) is 0 Å². The van der Waals surface area contributed by atoms with Crippen LogP contribution in [0.5, 0.6) is 5.75 Å². The molecule has 1 aromatic carbocycles. The van der Waals surface area contributed by atoms with Crippen LogP contribution in [0, 0.1) is 10.1 Å². The molecule has 126 valence electrons. The molecule has 0 saturated heterocycles. The third-order valence-corrected chi connectivity index (χ3v) is 3.08. The first-order valence-corrected chi connectivity index (χ1v) is 7.21. The van der Waals surface area contributed by atoms with Gasteiger partial charge in [-0.05, 0) is 32.9 Å². The van der Waals surface area contributed by atoms with Crippen molar-refractivity contribution in [3.63, 3.8) is 0 Å². The van der Waals surface area contributed by atoms with E-state index in [1.165, 1.54) is 24.1 Å². The molecule has 0 aliphatic heterocycles. The first-order chi connectivity index (χ1) is 10.8. The highest BCUT2D eigenvalue weighted by Gasteiger charge is 2.22. The number of nitro groups is 1. The van der Waals surface area contributed by atoms with E-state index in [1.807, 2.05) is 13.8 Å². The maximum Gasteiger partial charge on any atom is 0.311 e. The largest absolute Gasteiger partial charge is 0.490 e. The summed E-state index contributed by atoms with van der Waals surface area (Å²) in [6, 6.07) is 3.94. The quantitative estimate of drug-likeness (QED) is 0.606. The third kappa shape index (κ3) is 4.94.